The number of aliphatic hydroxyl groups excluding tert-OH is 1. The number of rotatable bonds is 7. The molecule has 0 aromatic heterocycles. The van der Waals surface area contributed by atoms with Crippen LogP contribution in [0.2, 0.25) is 0 Å². The van der Waals surface area contributed by atoms with E-state index in [0.29, 0.717) is 18.7 Å². The Labute approximate surface area is 123 Å². The van der Waals surface area contributed by atoms with E-state index >= 15 is 0 Å². The smallest absolute Gasteiger partial charge is 0.293 e. The Morgan fingerprint density at radius 3 is 2.57 bits per heavy atom. The minimum Gasteiger partial charge on any atom is -0.396 e. The summed E-state index contributed by atoms with van der Waals surface area (Å²) in [5, 5.41) is 23.1. The molecule has 1 saturated carbocycles. The van der Waals surface area contributed by atoms with Crippen LogP contribution in [0, 0.1) is 15.5 Å². The summed E-state index contributed by atoms with van der Waals surface area (Å²) in [6.07, 6.45) is 3.64. The minimum atomic E-state index is -3.48. The highest BCUT2D eigenvalue weighted by Crippen LogP contribution is 2.48. The third-order valence-corrected chi connectivity index (χ3v) is 4.96. The van der Waals surface area contributed by atoms with Gasteiger partial charge in [-0.1, -0.05) is 0 Å². The first-order valence-electron chi connectivity index (χ1n) is 6.61. The number of hydrogen-bond acceptors (Lipinski definition) is 6. The summed E-state index contributed by atoms with van der Waals surface area (Å²) in [5.41, 5.74) is 0.0623. The molecule has 0 heterocycles. The van der Waals surface area contributed by atoms with Crippen molar-refractivity contribution in [2.24, 2.45) is 5.41 Å². The molecule has 0 spiro atoms. The molecule has 8 heteroatoms. The van der Waals surface area contributed by atoms with Crippen LogP contribution in [0.5, 0.6) is 0 Å². The maximum absolute atomic E-state index is 11.5. The standard InChI is InChI=1S/C13H18N2O5S/c1-21(19,20)10-2-3-11(12(8-10)15(17)18)14-9-13(4-5-13)6-7-16/h2-3,8,14,16H,4-7,9H2,1H3. The van der Waals surface area contributed by atoms with E-state index in [1.54, 1.807) is 0 Å². The van der Waals surface area contributed by atoms with Crippen LogP contribution in [0.3, 0.4) is 0 Å². The lowest BCUT2D eigenvalue weighted by atomic mass is 10.0. The summed E-state index contributed by atoms with van der Waals surface area (Å²) in [4.78, 5) is 10.4. The summed E-state index contributed by atoms with van der Waals surface area (Å²) < 4.78 is 22.9. The quantitative estimate of drug-likeness (QED) is 0.584. The molecule has 1 aliphatic rings. The van der Waals surface area contributed by atoms with E-state index in [-0.39, 0.29) is 22.6 Å². The molecule has 1 aliphatic carbocycles. The fourth-order valence-corrected chi connectivity index (χ4v) is 2.90. The van der Waals surface area contributed by atoms with Gasteiger partial charge < -0.3 is 10.4 Å². The van der Waals surface area contributed by atoms with Crippen LogP contribution in [-0.4, -0.2) is 37.9 Å². The predicted molar refractivity (Wildman–Crippen MR) is 78.1 cm³/mol. The van der Waals surface area contributed by atoms with Crippen LogP contribution in [0.25, 0.3) is 0 Å². The van der Waals surface area contributed by atoms with Crippen LogP contribution in [0.1, 0.15) is 19.3 Å². The SMILES string of the molecule is CS(=O)(=O)c1ccc(NCC2(CCO)CC2)c([N+](=O)[O-])c1. The summed E-state index contributed by atoms with van der Waals surface area (Å²) in [6, 6.07) is 3.85. The monoisotopic (exact) mass is 314 g/mol. The van der Waals surface area contributed by atoms with Gasteiger partial charge in [0.1, 0.15) is 5.69 Å². The third kappa shape index (κ3) is 3.70. The van der Waals surface area contributed by atoms with Crippen molar-refractivity contribution in [3.8, 4) is 0 Å². The predicted octanol–water partition coefficient (Wildman–Crippen LogP) is 1.57. The number of sulfone groups is 1. The summed E-state index contributed by atoms with van der Waals surface area (Å²) >= 11 is 0. The molecule has 1 fully saturated rings. The molecule has 7 nitrogen and oxygen atoms in total. The number of nitro benzene ring substituents is 1. The van der Waals surface area contributed by atoms with Crippen LogP contribution in [-0.2, 0) is 9.84 Å². The topological polar surface area (TPSA) is 110 Å². The lowest BCUT2D eigenvalue weighted by Crippen LogP contribution is -2.17. The van der Waals surface area contributed by atoms with Crippen molar-refractivity contribution in [2.75, 3.05) is 24.7 Å². The molecule has 0 radical (unpaired) electrons. The van der Waals surface area contributed by atoms with Crippen LogP contribution in [0.15, 0.2) is 23.1 Å². The van der Waals surface area contributed by atoms with E-state index in [1.807, 2.05) is 0 Å². The number of hydrogen-bond donors (Lipinski definition) is 2. The molecule has 1 aromatic carbocycles. The van der Waals surface area contributed by atoms with E-state index in [0.717, 1.165) is 25.2 Å². The Hall–Kier alpha value is -1.67. The Morgan fingerprint density at radius 2 is 2.10 bits per heavy atom. The van der Waals surface area contributed by atoms with Gasteiger partial charge in [0.25, 0.3) is 5.69 Å². The van der Waals surface area contributed by atoms with Crippen LogP contribution in [0.4, 0.5) is 11.4 Å². The van der Waals surface area contributed by atoms with E-state index in [1.165, 1.54) is 12.1 Å². The van der Waals surface area contributed by atoms with Gasteiger partial charge in [-0.15, -0.1) is 0 Å². The maximum Gasteiger partial charge on any atom is 0.293 e. The molecule has 2 rings (SSSR count). The average molecular weight is 314 g/mol. The normalized spacial score (nSPS) is 16.5. The van der Waals surface area contributed by atoms with Gasteiger partial charge in [0, 0.05) is 25.5 Å². The van der Waals surface area contributed by atoms with E-state index < -0.39 is 14.8 Å². The van der Waals surface area contributed by atoms with E-state index in [4.69, 9.17) is 5.11 Å². The zero-order valence-corrected chi connectivity index (χ0v) is 12.5. The molecule has 0 atom stereocenters. The van der Waals surface area contributed by atoms with Crippen molar-refractivity contribution in [3.05, 3.63) is 28.3 Å². The van der Waals surface area contributed by atoms with Crippen molar-refractivity contribution in [3.63, 3.8) is 0 Å². The zero-order valence-electron chi connectivity index (χ0n) is 11.7. The van der Waals surface area contributed by atoms with Crippen molar-refractivity contribution in [2.45, 2.75) is 24.2 Å². The highest BCUT2D eigenvalue weighted by molar-refractivity contribution is 7.90. The van der Waals surface area contributed by atoms with Gasteiger partial charge in [-0.05, 0) is 36.8 Å². The molecule has 0 bridgehead atoms. The van der Waals surface area contributed by atoms with Crippen molar-refractivity contribution in [1.29, 1.82) is 0 Å². The van der Waals surface area contributed by atoms with Gasteiger partial charge in [-0.3, -0.25) is 10.1 Å². The lowest BCUT2D eigenvalue weighted by Gasteiger charge is -2.15. The first-order valence-corrected chi connectivity index (χ1v) is 8.50. The van der Waals surface area contributed by atoms with Crippen LogP contribution >= 0.6 is 0 Å². The number of anilines is 1. The van der Waals surface area contributed by atoms with Crippen molar-refractivity contribution < 1.29 is 18.4 Å². The first kappa shape index (κ1) is 15.7. The van der Waals surface area contributed by atoms with Gasteiger partial charge in [0.15, 0.2) is 9.84 Å². The van der Waals surface area contributed by atoms with Crippen molar-refractivity contribution in [1.82, 2.24) is 0 Å². The van der Waals surface area contributed by atoms with Gasteiger partial charge in [-0.2, -0.15) is 0 Å². The Balaban J connectivity index is 2.21. The zero-order chi connectivity index (χ0) is 15.7. The van der Waals surface area contributed by atoms with E-state index in [2.05, 4.69) is 5.32 Å². The number of benzene rings is 1. The molecule has 0 saturated heterocycles. The van der Waals surface area contributed by atoms with Crippen molar-refractivity contribution >= 4 is 21.2 Å². The number of nitro groups is 1. The number of nitrogens with one attached hydrogen (secondary N) is 1. The first-order chi connectivity index (χ1) is 9.77. The molecule has 1 aromatic rings. The Morgan fingerprint density at radius 1 is 1.43 bits per heavy atom. The second-order valence-electron chi connectivity index (χ2n) is 5.54. The van der Waals surface area contributed by atoms with Gasteiger partial charge in [-0.25, -0.2) is 8.42 Å². The second-order valence-corrected chi connectivity index (χ2v) is 7.55. The average Bonchev–Trinajstić information content (AvgIpc) is 3.15. The molecule has 2 N–H and O–H groups in total. The fourth-order valence-electron chi connectivity index (χ4n) is 2.25. The molecule has 21 heavy (non-hydrogen) atoms. The Kier molecular flexibility index (Phi) is 4.20. The highest BCUT2D eigenvalue weighted by Gasteiger charge is 2.41. The fraction of sp³-hybridized carbons (Fsp3) is 0.538. The van der Waals surface area contributed by atoms with Gasteiger partial charge in [0.2, 0.25) is 0 Å². The lowest BCUT2D eigenvalue weighted by molar-refractivity contribution is -0.384. The summed E-state index contributed by atoms with van der Waals surface area (Å²) in [5.74, 6) is 0. The number of nitrogens with zero attached hydrogens (tertiary/aromatic N) is 1. The van der Waals surface area contributed by atoms with E-state index in [9.17, 15) is 18.5 Å². The molecular formula is C13H18N2O5S. The molecule has 116 valence electrons. The summed E-state index contributed by atoms with van der Waals surface area (Å²) in [7, 11) is -3.48. The van der Waals surface area contributed by atoms with Gasteiger partial charge in [0.05, 0.1) is 9.82 Å². The number of aliphatic hydroxyl groups is 1. The minimum absolute atomic E-state index is 0.0120. The molecule has 0 amide bonds. The molecule has 0 aliphatic heterocycles. The second kappa shape index (κ2) is 5.61. The largest absolute Gasteiger partial charge is 0.396 e. The summed E-state index contributed by atoms with van der Waals surface area (Å²) in [6.45, 7) is 0.628. The molecule has 0 unspecified atom stereocenters. The van der Waals surface area contributed by atoms with Crippen LogP contribution < -0.4 is 5.32 Å². The highest BCUT2D eigenvalue weighted by atomic mass is 32.2. The molecular weight excluding hydrogens is 296 g/mol. The van der Waals surface area contributed by atoms with Gasteiger partial charge >= 0.3 is 0 Å². The maximum atomic E-state index is 11.5. The Bertz CT molecular complexity index is 653. The third-order valence-electron chi connectivity index (χ3n) is 3.85.